The Morgan fingerprint density at radius 2 is 1.94 bits per heavy atom. The van der Waals surface area contributed by atoms with Gasteiger partial charge in [0.1, 0.15) is 23.3 Å². The van der Waals surface area contributed by atoms with E-state index < -0.39 is 11.7 Å². The van der Waals surface area contributed by atoms with Crippen LogP contribution in [0.1, 0.15) is 16.8 Å². The molecule has 0 bridgehead atoms. The zero-order valence-electron chi connectivity index (χ0n) is 16.2. The van der Waals surface area contributed by atoms with Gasteiger partial charge >= 0.3 is 6.18 Å². The minimum absolute atomic E-state index is 0.157. The molecule has 2 N–H and O–H groups in total. The number of aromatic amines is 1. The molecule has 8 heteroatoms. The van der Waals surface area contributed by atoms with E-state index in [0.717, 1.165) is 28.7 Å². The minimum atomic E-state index is -4.38. The zero-order valence-corrected chi connectivity index (χ0v) is 16.2. The van der Waals surface area contributed by atoms with Crippen LogP contribution in [0.15, 0.2) is 66.9 Å². The molecule has 4 rings (SSSR count). The van der Waals surface area contributed by atoms with Crippen LogP contribution in [0.25, 0.3) is 10.9 Å². The molecule has 156 valence electrons. The van der Waals surface area contributed by atoms with Crippen molar-refractivity contribution in [3.8, 4) is 11.8 Å². The number of nitrogens with one attached hydrogen (secondary N) is 2. The molecule has 4 aromatic rings. The highest BCUT2D eigenvalue weighted by atomic mass is 19.4. The Hall–Kier alpha value is -3.99. The number of benzene rings is 2. The van der Waals surface area contributed by atoms with Crippen LogP contribution in [0.2, 0.25) is 0 Å². The molecule has 0 fully saturated rings. The predicted molar refractivity (Wildman–Crippen MR) is 111 cm³/mol. The first-order valence-corrected chi connectivity index (χ1v) is 9.46. The molecule has 0 radical (unpaired) electrons. The lowest BCUT2D eigenvalue weighted by molar-refractivity contribution is -0.137. The standard InChI is InChI=1S/C23H17F3N4O/c24-23(25,26)17-3-1-2-15(10-17)7-9-31-20-11-19(14-27)30-22(13-20)29-18-5-4-16-6-8-28-21(16)12-18/h1-6,8,10-13,28H,7,9H2,(H,29,30). The molecular formula is C23H17F3N4O. The van der Waals surface area contributed by atoms with Crippen LogP contribution in [0, 0.1) is 11.3 Å². The van der Waals surface area contributed by atoms with Crippen LogP contribution in [-0.2, 0) is 12.6 Å². The fraction of sp³-hybridized carbons (Fsp3) is 0.130. The Bertz CT molecular complexity index is 1260. The fourth-order valence-electron chi connectivity index (χ4n) is 3.17. The average molecular weight is 422 g/mol. The maximum absolute atomic E-state index is 12.9. The number of halogens is 3. The molecule has 0 aliphatic rings. The van der Waals surface area contributed by atoms with E-state index >= 15 is 0 Å². The van der Waals surface area contributed by atoms with Crippen molar-refractivity contribution in [2.24, 2.45) is 0 Å². The molecule has 0 atom stereocenters. The number of nitriles is 1. The van der Waals surface area contributed by atoms with Crippen LogP contribution in [0.4, 0.5) is 24.7 Å². The molecule has 31 heavy (non-hydrogen) atoms. The van der Waals surface area contributed by atoms with Crippen molar-refractivity contribution >= 4 is 22.4 Å². The lowest BCUT2D eigenvalue weighted by atomic mass is 10.1. The first-order valence-electron chi connectivity index (χ1n) is 9.46. The van der Waals surface area contributed by atoms with Crippen molar-refractivity contribution in [1.82, 2.24) is 9.97 Å². The lowest BCUT2D eigenvalue weighted by Gasteiger charge is -2.11. The van der Waals surface area contributed by atoms with E-state index in [2.05, 4.69) is 15.3 Å². The summed E-state index contributed by atoms with van der Waals surface area (Å²) in [4.78, 5) is 7.36. The van der Waals surface area contributed by atoms with Gasteiger partial charge in [0, 0.05) is 36.0 Å². The average Bonchev–Trinajstić information content (AvgIpc) is 3.21. The van der Waals surface area contributed by atoms with E-state index in [9.17, 15) is 18.4 Å². The van der Waals surface area contributed by atoms with Gasteiger partial charge in [-0.05, 0) is 35.2 Å². The zero-order chi connectivity index (χ0) is 21.8. The minimum Gasteiger partial charge on any atom is -0.493 e. The highest BCUT2D eigenvalue weighted by molar-refractivity contribution is 5.83. The third-order valence-electron chi connectivity index (χ3n) is 4.65. The molecule has 0 aliphatic carbocycles. The summed E-state index contributed by atoms with van der Waals surface area (Å²) in [6, 6.07) is 18.0. The summed E-state index contributed by atoms with van der Waals surface area (Å²) >= 11 is 0. The van der Waals surface area contributed by atoms with Gasteiger partial charge in [0.25, 0.3) is 0 Å². The van der Waals surface area contributed by atoms with Gasteiger partial charge in [0.15, 0.2) is 0 Å². The van der Waals surface area contributed by atoms with Gasteiger partial charge in [-0.25, -0.2) is 4.98 Å². The molecule has 0 saturated heterocycles. The molecule has 2 heterocycles. The normalized spacial score (nSPS) is 11.3. The number of pyridine rings is 1. The van der Waals surface area contributed by atoms with E-state index in [1.165, 1.54) is 12.1 Å². The van der Waals surface area contributed by atoms with Gasteiger partial charge in [-0.1, -0.05) is 24.3 Å². The second-order valence-corrected chi connectivity index (χ2v) is 6.89. The smallest absolute Gasteiger partial charge is 0.416 e. The Labute approximate surface area is 176 Å². The first-order chi connectivity index (χ1) is 14.9. The van der Waals surface area contributed by atoms with Crippen molar-refractivity contribution in [3.05, 3.63) is 83.7 Å². The summed E-state index contributed by atoms with van der Waals surface area (Å²) in [5.74, 6) is 0.834. The molecule has 5 nitrogen and oxygen atoms in total. The van der Waals surface area contributed by atoms with E-state index in [4.69, 9.17) is 4.74 Å². The number of H-pyrrole nitrogens is 1. The molecule has 0 aliphatic heterocycles. The molecule has 0 saturated carbocycles. The maximum atomic E-state index is 12.9. The van der Waals surface area contributed by atoms with Gasteiger partial charge < -0.3 is 15.0 Å². The Morgan fingerprint density at radius 1 is 1.06 bits per heavy atom. The van der Waals surface area contributed by atoms with Crippen molar-refractivity contribution in [2.75, 3.05) is 11.9 Å². The third-order valence-corrected chi connectivity index (χ3v) is 4.65. The number of rotatable bonds is 6. The Kier molecular flexibility index (Phi) is 5.50. The van der Waals surface area contributed by atoms with Crippen LogP contribution >= 0.6 is 0 Å². The van der Waals surface area contributed by atoms with Crippen molar-refractivity contribution in [3.63, 3.8) is 0 Å². The van der Waals surface area contributed by atoms with Crippen molar-refractivity contribution in [2.45, 2.75) is 12.6 Å². The topological polar surface area (TPSA) is 73.7 Å². The summed E-state index contributed by atoms with van der Waals surface area (Å²) in [6.07, 6.45) is -2.24. The van der Waals surface area contributed by atoms with Crippen LogP contribution in [0.3, 0.4) is 0 Å². The van der Waals surface area contributed by atoms with E-state index in [0.29, 0.717) is 23.6 Å². The summed E-state index contributed by atoms with van der Waals surface area (Å²) in [7, 11) is 0. The maximum Gasteiger partial charge on any atom is 0.416 e. The first kappa shape index (κ1) is 20.3. The van der Waals surface area contributed by atoms with E-state index in [1.54, 1.807) is 12.1 Å². The highest BCUT2D eigenvalue weighted by Gasteiger charge is 2.30. The van der Waals surface area contributed by atoms with Gasteiger partial charge in [-0.3, -0.25) is 0 Å². The number of ether oxygens (including phenoxy) is 1. The molecule has 0 spiro atoms. The van der Waals surface area contributed by atoms with Gasteiger partial charge in [-0.15, -0.1) is 0 Å². The molecule has 2 aromatic heterocycles. The Morgan fingerprint density at radius 3 is 2.74 bits per heavy atom. The third kappa shape index (κ3) is 4.95. The van der Waals surface area contributed by atoms with Crippen molar-refractivity contribution in [1.29, 1.82) is 5.26 Å². The second-order valence-electron chi connectivity index (χ2n) is 6.89. The van der Waals surface area contributed by atoms with Crippen LogP contribution < -0.4 is 10.1 Å². The summed E-state index contributed by atoms with van der Waals surface area (Å²) < 4.78 is 44.3. The van der Waals surface area contributed by atoms with Crippen LogP contribution in [0.5, 0.6) is 5.75 Å². The van der Waals surface area contributed by atoms with E-state index in [-0.39, 0.29) is 12.3 Å². The summed E-state index contributed by atoms with van der Waals surface area (Å²) in [5, 5.41) is 13.5. The molecular weight excluding hydrogens is 405 g/mol. The molecule has 2 aromatic carbocycles. The second kappa shape index (κ2) is 8.40. The highest BCUT2D eigenvalue weighted by Crippen LogP contribution is 2.30. The number of hydrogen-bond donors (Lipinski definition) is 2. The number of nitrogens with zero attached hydrogens (tertiary/aromatic N) is 2. The van der Waals surface area contributed by atoms with Gasteiger partial charge in [0.2, 0.25) is 0 Å². The monoisotopic (exact) mass is 422 g/mol. The lowest BCUT2D eigenvalue weighted by Crippen LogP contribution is -2.07. The van der Waals surface area contributed by atoms with Crippen LogP contribution in [-0.4, -0.2) is 16.6 Å². The summed E-state index contributed by atoms with van der Waals surface area (Å²) in [5.41, 5.74) is 1.74. The van der Waals surface area contributed by atoms with Gasteiger partial charge in [-0.2, -0.15) is 18.4 Å². The fourth-order valence-corrected chi connectivity index (χ4v) is 3.17. The van der Waals surface area contributed by atoms with E-state index in [1.807, 2.05) is 36.5 Å². The number of aromatic nitrogens is 2. The SMILES string of the molecule is N#Cc1cc(OCCc2cccc(C(F)(F)F)c2)cc(Nc2ccc3cc[nH]c3c2)n1. The molecule has 0 unspecified atom stereocenters. The predicted octanol–water partition coefficient (Wildman–Crippen LogP) is 5.82. The van der Waals surface area contributed by atoms with Gasteiger partial charge in [0.05, 0.1) is 12.2 Å². The number of anilines is 2. The number of fused-ring (bicyclic) bond motifs is 1. The largest absolute Gasteiger partial charge is 0.493 e. The number of alkyl halides is 3. The molecule has 0 amide bonds. The quantitative estimate of drug-likeness (QED) is 0.411. The van der Waals surface area contributed by atoms with Crippen molar-refractivity contribution < 1.29 is 17.9 Å². The number of hydrogen-bond acceptors (Lipinski definition) is 4. The summed E-state index contributed by atoms with van der Waals surface area (Å²) in [6.45, 7) is 0.157. The Balaban J connectivity index is 1.45.